The number of nitrogens with two attached hydrogens (primary N) is 1. The highest BCUT2D eigenvalue weighted by Crippen LogP contribution is 2.25. The minimum absolute atomic E-state index is 0.236. The van der Waals surface area contributed by atoms with Crippen molar-refractivity contribution < 1.29 is 22.1 Å². The number of carbonyl (C=O) groups excluding carboxylic acids is 1. The summed E-state index contributed by atoms with van der Waals surface area (Å²) >= 11 is 0. The third kappa shape index (κ3) is 6.28. The molecule has 1 amide bonds. The number of ether oxygens (including phenoxy) is 1. The van der Waals surface area contributed by atoms with Gasteiger partial charge in [-0.05, 0) is 41.7 Å². The van der Waals surface area contributed by atoms with Crippen LogP contribution in [-0.4, -0.2) is 45.4 Å². The summed E-state index contributed by atoms with van der Waals surface area (Å²) in [5, 5.41) is 12.2. The average Bonchev–Trinajstić information content (AvgIpc) is 2.73. The van der Waals surface area contributed by atoms with E-state index < -0.39 is 21.7 Å². The van der Waals surface area contributed by atoms with Crippen LogP contribution in [0.15, 0.2) is 48.5 Å². The predicted molar refractivity (Wildman–Crippen MR) is 116 cm³/mol. The van der Waals surface area contributed by atoms with E-state index in [0.29, 0.717) is 32.5 Å². The summed E-state index contributed by atoms with van der Waals surface area (Å²) in [6, 6.07) is 15.7. The lowest BCUT2D eigenvalue weighted by molar-refractivity contribution is -0.130. The number of nitriles is 1. The molecule has 2 aromatic carbocycles. The Hall–Kier alpha value is -2.93. The number of benzene rings is 2. The molecular formula is C22H25N3O5S. The minimum atomic E-state index is -3.60. The van der Waals surface area contributed by atoms with Gasteiger partial charge >= 0.3 is 10.1 Å². The normalized spacial score (nSPS) is 16.7. The smallest absolute Gasteiger partial charge is 0.306 e. The quantitative estimate of drug-likeness (QED) is 0.623. The molecule has 164 valence electrons. The molecule has 1 aliphatic rings. The average molecular weight is 444 g/mol. The topological polar surface area (TPSA) is 132 Å². The summed E-state index contributed by atoms with van der Waals surface area (Å²) in [6.45, 7) is 0.859. The van der Waals surface area contributed by atoms with Crippen LogP contribution in [0.2, 0.25) is 0 Å². The largest absolute Gasteiger partial charge is 0.383 e. The molecule has 3 rings (SSSR count). The maximum atomic E-state index is 12.6. The summed E-state index contributed by atoms with van der Waals surface area (Å²) in [5.41, 5.74) is 7.71. The molecule has 2 aromatic rings. The summed E-state index contributed by atoms with van der Waals surface area (Å²) < 4.78 is 32.8. The molecule has 0 aliphatic carbocycles. The van der Waals surface area contributed by atoms with Crippen LogP contribution in [0, 0.1) is 11.3 Å². The second-order valence-corrected chi connectivity index (χ2v) is 9.21. The molecule has 1 atom stereocenters. The Morgan fingerprint density at radius 2 is 1.90 bits per heavy atom. The van der Waals surface area contributed by atoms with Crippen molar-refractivity contribution in [1.29, 1.82) is 5.26 Å². The van der Waals surface area contributed by atoms with Crippen molar-refractivity contribution in [3.8, 4) is 22.9 Å². The van der Waals surface area contributed by atoms with Gasteiger partial charge in [0.15, 0.2) is 0 Å². The first-order valence-electron chi connectivity index (χ1n) is 9.85. The van der Waals surface area contributed by atoms with Crippen LogP contribution >= 0.6 is 0 Å². The van der Waals surface area contributed by atoms with E-state index in [-0.39, 0.29) is 11.7 Å². The van der Waals surface area contributed by atoms with Gasteiger partial charge in [0, 0.05) is 19.6 Å². The second kappa shape index (κ2) is 9.47. The van der Waals surface area contributed by atoms with Gasteiger partial charge in [0.25, 0.3) is 0 Å². The van der Waals surface area contributed by atoms with E-state index in [9.17, 15) is 18.5 Å². The third-order valence-electron chi connectivity index (χ3n) is 5.11. The van der Waals surface area contributed by atoms with E-state index in [4.69, 9.17) is 14.7 Å². The van der Waals surface area contributed by atoms with E-state index in [1.54, 1.807) is 18.2 Å². The van der Waals surface area contributed by atoms with E-state index in [1.807, 2.05) is 30.3 Å². The molecule has 0 radical (unpaired) electrons. The minimum Gasteiger partial charge on any atom is -0.383 e. The Kier molecular flexibility index (Phi) is 6.95. The number of nitrogens with one attached hydrogen (secondary N) is 1. The van der Waals surface area contributed by atoms with Crippen LogP contribution in [0.4, 0.5) is 0 Å². The van der Waals surface area contributed by atoms with Crippen molar-refractivity contribution in [3.63, 3.8) is 0 Å². The van der Waals surface area contributed by atoms with Gasteiger partial charge in [-0.1, -0.05) is 36.4 Å². The molecular weight excluding hydrogens is 418 g/mol. The van der Waals surface area contributed by atoms with Crippen LogP contribution < -0.4 is 15.2 Å². The van der Waals surface area contributed by atoms with Crippen LogP contribution in [0.5, 0.6) is 5.75 Å². The van der Waals surface area contributed by atoms with Gasteiger partial charge in [-0.2, -0.15) is 13.7 Å². The lowest BCUT2D eigenvalue weighted by Gasteiger charge is -2.32. The number of amides is 1. The summed E-state index contributed by atoms with van der Waals surface area (Å²) in [6.07, 6.45) is 2.18. The van der Waals surface area contributed by atoms with Crippen molar-refractivity contribution >= 4 is 16.0 Å². The number of nitrogens with zero attached hydrogens (tertiary/aromatic N) is 1. The molecule has 1 saturated heterocycles. The molecule has 0 saturated carbocycles. The lowest BCUT2D eigenvalue weighted by atomic mass is 9.90. The van der Waals surface area contributed by atoms with Crippen LogP contribution in [0.1, 0.15) is 18.4 Å². The second-order valence-electron chi connectivity index (χ2n) is 7.64. The molecule has 0 bridgehead atoms. The maximum Gasteiger partial charge on any atom is 0.306 e. The molecule has 3 N–H and O–H groups in total. The first-order valence-corrected chi connectivity index (χ1v) is 11.7. The monoisotopic (exact) mass is 443 g/mol. The van der Waals surface area contributed by atoms with E-state index in [1.165, 1.54) is 0 Å². The van der Waals surface area contributed by atoms with E-state index in [0.717, 1.165) is 22.9 Å². The van der Waals surface area contributed by atoms with Gasteiger partial charge in [-0.3, -0.25) is 4.79 Å². The fourth-order valence-electron chi connectivity index (χ4n) is 3.36. The van der Waals surface area contributed by atoms with E-state index in [2.05, 4.69) is 11.4 Å². The number of rotatable bonds is 7. The molecule has 8 nitrogen and oxygen atoms in total. The summed E-state index contributed by atoms with van der Waals surface area (Å²) in [5.74, 6) is -0.0955. The third-order valence-corrected chi connectivity index (χ3v) is 5.60. The highest BCUT2D eigenvalue weighted by molar-refractivity contribution is 7.86. The highest BCUT2D eigenvalue weighted by atomic mass is 32.2. The van der Waals surface area contributed by atoms with Gasteiger partial charge in [0.1, 0.15) is 11.8 Å². The predicted octanol–water partition coefficient (Wildman–Crippen LogP) is 1.75. The lowest BCUT2D eigenvalue weighted by Crippen LogP contribution is -2.58. The first kappa shape index (κ1) is 22.7. The fourth-order valence-corrected chi connectivity index (χ4v) is 3.82. The number of hydrogen-bond donors (Lipinski definition) is 2. The van der Waals surface area contributed by atoms with Gasteiger partial charge < -0.3 is 20.0 Å². The van der Waals surface area contributed by atoms with Gasteiger partial charge in [0.2, 0.25) is 5.91 Å². The molecule has 0 aromatic heterocycles. The Labute approximate surface area is 182 Å². The molecule has 1 fully saturated rings. The molecule has 31 heavy (non-hydrogen) atoms. The molecule has 0 unspecified atom stereocenters. The number of carbonyl (C=O) groups is 1. The van der Waals surface area contributed by atoms with Crippen LogP contribution in [-0.2, 0) is 26.1 Å². The standard InChI is InChI=1S/C22H25N3O5S/c1-31(27,28)30-20-4-2-3-18(14-20)17-7-5-16(6-8-17)13-19(15-23)25-21(26)22(24)9-11-29-12-10-22/h2-8,14,19H,9-13,24H2,1H3,(H,25,26)/t19-/m0/s1. The molecule has 0 spiro atoms. The van der Waals surface area contributed by atoms with Crippen molar-refractivity contribution in [2.75, 3.05) is 19.5 Å². The highest BCUT2D eigenvalue weighted by Gasteiger charge is 2.36. The van der Waals surface area contributed by atoms with Crippen molar-refractivity contribution in [1.82, 2.24) is 5.32 Å². The summed E-state index contributed by atoms with van der Waals surface area (Å²) in [4.78, 5) is 12.6. The SMILES string of the molecule is CS(=O)(=O)Oc1cccc(-c2ccc(C[C@@H](C#N)NC(=O)C3(N)CCOCC3)cc2)c1. The zero-order chi connectivity index (χ0) is 22.5. The summed E-state index contributed by atoms with van der Waals surface area (Å²) in [7, 11) is -3.60. The van der Waals surface area contributed by atoms with Crippen LogP contribution in [0.25, 0.3) is 11.1 Å². The van der Waals surface area contributed by atoms with Crippen molar-refractivity contribution in [3.05, 3.63) is 54.1 Å². The first-order chi connectivity index (χ1) is 14.7. The van der Waals surface area contributed by atoms with E-state index >= 15 is 0 Å². The van der Waals surface area contributed by atoms with Gasteiger partial charge in [-0.15, -0.1) is 0 Å². The van der Waals surface area contributed by atoms with Gasteiger partial charge in [-0.25, -0.2) is 0 Å². The molecule has 9 heteroatoms. The fraction of sp³-hybridized carbons (Fsp3) is 0.364. The van der Waals surface area contributed by atoms with Gasteiger partial charge in [0.05, 0.1) is 17.9 Å². The maximum absolute atomic E-state index is 12.6. The van der Waals surface area contributed by atoms with Crippen LogP contribution in [0.3, 0.4) is 0 Å². The number of hydrogen-bond acceptors (Lipinski definition) is 7. The van der Waals surface area contributed by atoms with Crippen molar-refractivity contribution in [2.24, 2.45) is 5.73 Å². The zero-order valence-electron chi connectivity index (χ0n) is 17.2. The Bertz CT molecular complexity index is 1070. The Morgan fingerprint density at radius 3 is 2.52 bits per heavy atom. The molecule has 1 aliphatic heterocycles. The molecule has 1 heterocycles. The zero-order valence-corrected chi connectivity index (χ0v) is 18.0. The Balaban J connectivity index is 1.66. The van der Waals surface area contributed by atoms with Crippen molar-refractivity contribution in [2.45, 2.75) is 30.8 Å². The Morgan fingerprint density at radius 1 is 1.23 bits per heavy atom.